The lowest BCUT2D eigenvalue weighted by molar-refractivity contribution is 0.478. The maximum Gasteiger partial charge on any atom is 0.231 e. The molecule has 2 rings (SSSR count). The van der Waals surface area contributed by atoms with Gasteiger partial charge in [0.2, 0.25) is 5.97 Å². The SMILES string of the molecule is FC1=NN2CCN=C2C=C1. The topological polar surface area (TPSA) is 28.0 Å². The molecule has 0 fully saturated rings. The third-order valence-corrected chi connectivity index (χ3v) is 1.44. The van der Waals surface area contributed by atoms with Gasteiger partial charge in [0.05, 0.1) is 13.1 Å². The summed E-state index contributed by atoms with van der Waals surface area (Å²) < 4.78 is 12.4. The van der Waals surface area contributed by atoms with E-state index >= 15 is 0 Å². The summed E-state index contributed by atoms with van der Waals surface area (Å²) in [6.07, 6.45) is 2.95. The van der Waals surface area contributed by atoms with Crippen molar-refractivity contribution in [1.82, 2.24) is 5.01 Å². The first kappa shape index (κ1) is 5.58. The fourth-order valence-corrected chi connectivity index (χ4v) is 0.987. The van der Waals surface area contributed by atoms with Crippen molar-refractivity contribution in [2.24, 2.45) is 10.1 Å². The second-order valence-corrected chi connectivity index (χ2v) is 2.12. The molecule has 0 unspecified atom stereocenters. The molecule has 0 aromatic heterocycles. The van der Waals surface area contributed by atoms with Gasteiger partial charge in [0, 0.05) is 0 Å². The molecule has 52 valence electrons. The molecule has 0 saturated carbocycles. The zero-order valence-corrected chi connectivity index (χ0v) is 5.29. The zero-order chi connectivity index (χ0) is 6.97. The summed E-state index contributed by atoms with van der Waals surface area (Å²) in [5, 5.41) is 5.17. The molecule has 0 amide bonds. The number of rotatable bonds is 0. The summed E-state index contributed by atoms with van der Waals surface area (Å²) in [6.45, 7) is 1.42. The summed E-state index contributed by atoms with van der Waals surface area (Å²) in [5.74, 6) is 0.322. The number of halogens is 1. The van der Waals surface area contributed by atoms with E-state index in [9.17, 15) is 4.39 Å². The monoisotopic (exact) mass is 139 g/mol. The quantitative estimate of drug-likeness (QED) is 0.481. The van der Waals surface area contributed by atoms with Gasteiger partial charge in [-0.2, -0.15) is 4.39 Å². The highest BCUT2D eigenvalue weighted by Crippen LogP contribution is 2.08. The zero-order valence-electron chi connectivity index (χ0n) is 5.29. The Morgan fingerprint density at radius 2 is 2.40 bits per heavy atom. The lowest BCUT2D eigenvalue weighted by Gasteiger charge is -2.13. The molecule has 10 heavy (non-hydrogen) atoms. The fourth-order valence-electron chi connectivity index (χ4n) is 0.987. The Labute approximate surface area is 57.5 Å². The highest BCUT2D eigenvalue weighted by Gasteiger charge is 2.17. The van der Waals surface area contributed by atoms with Crippen LogP contribution in [0, 0.1) is 0 Å². The Morgan fingerprint density at radius 3 is 3.30 bits per heavy atom. The third kappa shape index (κ3) is 0.725. The first-order valence-corrected chi connectivity index (χ1v) is 3.10. The average molecular weight is 139 g/mol. The molecule has 0 radical (unpaired) electrons. The van der Waals surface area contributed by atoms with E-state index in [1.54, 1.807) is 11.1 Å². The number of allylic oxidation sites excluding steroid dienone is 1. The first-order valence-electron chi connectivity index (χ1n) is 3.10. The van der Waals surface area contributed by atoms with Gasteiger partial charge in [-0.05, 0) is 12.2 Å². The summed E-state index contributed by atoms with van der Waals surface area (Å²) in [4.78, 5) is 4.07. The van der Waals surface area contributed by atoms with Gasteiger partial charge in [0.25, 0.3) is 0 Å². The predicted molar refractivity (Wildman–Crippen MR) is 36.7 cm³/mol. The van der Waals surface area contributed by atoms with Crippen LogP contribution in [0.4, 0.5) is 4.39 Å². The van der Waals surface area contributed by atoms with Crippen molar-refractivity contribution in [3.05, 3.63) is 12.2 Å². The Morgan fingerprint density at radius 1 is 1.50 bits per heavy atom. The van der Waals surface area contributed by atoms with Gasteiger partial charge < -0.3 is 0 Å². The summed E-state index contributed by atoms with van der Waals surface area (Å²) in [6, 6.07) is 0. The normalized spacial score (nSPS) is 22.3. The Kier molecular flexibility index (Phi) is 1.06. The Hall–Kier alpha value is -1.19. The highest BCUT2D eigenvalue weighted by atomic mass is 19.1. The minimum Gasteiger partial charge on any atom is -0.265 e. The van der Waals surface area contributed by atoms with Gasteiger partial charge >= 0.3 is 0 Å². The number of fused-ring (bicyclic) bond motifs is 1. The van der Waals surface area contributed by atoms with Crippen molar-refractivity contribution in [1.29, 1.82) is 0 Å². The van der Waals surface area contributed by atoms with Crippen LogP contribution in [0.1, 0.15) is 0 Å². The molecule has 0 atom stereocenters. The average Bonchev–Trinajstić information content (AvgIpc) is 2.33. The number of aliphatic imine (C=N–C) groups is 1. The lowest BCUT2D eigenvalue weighted by atomic mass is 10.4. The molecule has 0 N–H and O–H groups in total. The first-order chi connectivity index (χ1) is 4.86. The molecule has 0 bridgehead atoms. The van der Waals surface area contributed by atoms with Crippen molar-refractivity contribution < 1.29 is 4.39 Å². The van der Waals surface area contributed by atoms with Gasteiger partial charge in [-0.25, -0.2) is 5.01 Å². The Balaban J connectivity index is 2.32. The van der Waals surface area contributed by atoms with E-state index < -0.39 is 5.97 Å². The molecular weight excluding hydrogens is 133 g/mol. The highest BCUT2D eigenvalue weighted by molar-refractivity contribution is 6.03. The second kappa shape index (κ2) is 1.90. The second-order valence-electron chi connectivity index (χ2n) is 2.12. The molecule has 2 aliphatic rings. The van der Waals surface area contributed by atoms with Gasteiger partial charge in [-0.3, -0.25) is 4.99 Å². The van der Waals surface area contributed by atoms with Crippen molar-refractivity contribution in [3.8, 4) is 0 Å². The summed E-state index contributed by atoms with van der Waals surface area (Å²) >= 11 is 0. The lowest BCUT2D eigenvalue weighted by Crippen LogP contribution is -2.23. The van der Waals surface area contributed by atoms with Crippen molar-refractivity contribution in [2.45, 2.75) is 0 Å². The van der Waals surface area contributed by atoms with Crippen LogP contribution in [-0.4, -0.2) is 29.9 Å². The molecule has 0 aromatic carbocycles. The molecular formula is C6H6FN3. The van der Waals surface area contributed by atoms with Crippen LogP contribution in [-0.2, 0) is 0 Å². The number of nitrogens with zero attached hydrogens (tertiary/aromatic N) is 3. The molecule has 0 saturated heterocycles. The summed E-state index contributed by atoms with van der Waals surface area (Å²) in [7, 11) is 0. The summed E-state index contributed by atoms with van der Waals surface area (Å²) in [5.41, 5.74) is 0. The van der Waals surface area contributed by atoms with Crippen LogP contribution in [0.15, 0.2) is 22.2 Å². The van der Waals surface area contributed by atoms with Gasteiger partial charge in [-0.15, -0.1) is 5.10 Å². The van der Waals surface area contributed by atoms with Crippen molar-refractivity contribution in [3.63, 3.8) is 0 Å². The number of amidine groups is 1. The number of hydrazone groups is 1. The Bertz CT molecular complexity index is 241. The minimum atomic E-state index is -0.444. The van der Waals surface area contributed by atoms with E-state index in [-0.39, 0.29) is 0 Å². The van der Waals surface area contributed by atoms with Crippen molar-refractivity contribution in [2.75, 3.05) is 13.1 Å². The molecule has 0 aromatic rings. The van der Waals surface area contributed by atoms with Crippen LogP contribution in [0.3, 0.4) is 0 Å². The van der Waals surface area contributed by atoms with Crippen molar-refractivity contribution >= 4 is 11.8 Å². The van der Waals surface area contributed by atoms with Crippen LogP contribution >= 0.6 is 0 Å². The van der Waals surface area contributed by atoms with Crippen LogP contribution in [0.2, 0.25) is 0 Å². The molecule has 3 nitrogen and oxygen atoms in total. The van der Waals surface area contributed by atoms with E-state index in [1.165, 1.54) is 6.08 Å². The fraction of sp³-hybridized carbons (Fsp3) is 0.333. The van der Waals surface area contributed by atoms with Crippen LogP contribution in [0.5, 0.6) is 0 Å². The smallest absolute Gasteiger partial charge is 0.231 e. The standard InChI is InChI=1S/C6H6FN3/c7-5-1-2-6-8-3-4-10(6)9-5/h1-2H,3-4H2. The van der Waals surface area contributed by atoms with E-state index in [4.69, 9.17) is 0 Å². The molecule has 0 spiro atoms. The van der Waals surface area contributed by atoms with E-state index in [1.807, 2.05) is 0 Å². The van der Waals surface area contributed by atoms with E-state index in [0.29, 0.717) is 6.54 Å². The van der Waals surface area contributed by atoms with Gasteiger partial charge in [0.15, 0.2) is 0 Å². The van der Waals surface area contributed by atoms with E-state index in [2.05, 4.69) is 10.1 Å². The number of hydrogen-bond donors (Lipinski definition) is 0. The van der Waals surface area contributed by atoms with Gasteiger partial charge in [0.1, 0.15) is 5.84 Å². The van der Waals surface area contributed by atoms with E-state index in [0.717, 1.165) is 12.4 Å². The molecule has 0 aliphatic carbocycles. The molecule has 2 aliphatic heterocycles. The molecule has 4 heteroatoms. The largest absolute Gasteiger partial charge is 0.265 e. The van der Waals surface area contributed by atoms with Gasteiger partial charge in [-0.1, -0.05) is 0 Å². The van der Waals surface area contributed by atoms with Crippen LogP contribution in [0.25, 0.3) is 0 Å². The predicted octanol–water partition coefficient (Wildman–Crippen LogP) is 0.553. The maximum atomic E-state index is 12.4. The molecule has 2 heterocycles. The third-order valence-electron chi connectivity index (χ3n) is 1.44. The maximum absolute atomic E-state index is 12.4. The number of hydrogen-bond acceptors (Lipinski definition) is 3. The van der Waals surface area contributed by atoms with Crippen LogP contribution < -0.4 is 0 Å². The minimum absolute atomic E-state index is 0.444.